The van der Waals surface area contributed by atoms with Crippen LogP contribution in [0.3, 0.4) is 0 Å². The number of methoxy groups -OCH3 is 2. The summed E-state index contributed by atoms with van der Waals surface area (Å²) in [6, 6.07) is 3.22. The summed E-state index contributed by atoms with van der Waals surface area (Å²) in [6.45, 7) is 1.75. The number of anilines is 2. The van der Waals surface area contributed by atoms with Crippen molar-refractivity contribution in [2.75, 3.05) is 25.3 Å². The molecule has 0 saturated carbocycles. The third kappa shape index (κ3) is 2.66. The Morgan fingerprint density at radius 3 is 2.65 bits per heavy atom. The van der Waals surface area contributed by atoms with Crippen molar-refractivity contribution in [1.82, 2.24) is 4.98 Å². The van der Waals surface area contributed by atoms with E-state index < -0.39 is 5.91 Å². The summed E-state index contributed by atoms with van der Waals surface area (Å²) in [5.41, 5.74) is 6.98. The lowest BCUT2D eigenvalue weighted by molar-refractivity contribution is 0.102. The number of nitrogen functional groups attached to an aromatic ring is 1. The van der Waals surface area contributed by atoms with Crippen molar-refractivity contribution < 1.29 is 18.7 Å². The van der Waals surface area contributed by atoms with E-state index in [1.165, 1.54) is 26.5 Å². The van der Waals surface area contributed by atoms with Crippen molar-refractivity contribution in [2.24, 2.45) is 0 Å². The molecule has 0 bridgehead atoms. The van der Waals surface area contributed by atoms with Gasteiger partial charge in [-0.25, -0.2) is 0 Å². The Kier molecular flexibility index (Phi) is 3.79. The van der Waals surface area contributed by atoms with Gasteiger partial charge >= 0.3 is 6.01 Å². The highest BCUT2D eigenvalue weighted by atomic mass is 16.5. The number of nitrogens with two attached hydrogens (primary N) is 1. The number of ether oxygens (including phenoxy) is 2. The van der Waals surface area contributed by atoms with Gasteiger partial charge in [0, 0.05) is 6.07 Å². The van der Waals surface area contributed by atoms with Crippen LogP contribution in [0.25, 0.3) is 0 Å². The quantitative estimate of drug-likeness (QED) is 0.827. The zero-order valence-corrected chi connectivity index (χ0v) is 11.4. The molecule has 0 saturated heterocycles. The number of amides is 1. The van der Waals surface area contributed by atoms with Crippen LogP contribution in [-0.4, -0.2) is 25.1 Å². The van der Waals surface area contributed by atoms with Crippen molar-refractivity contribution in [3.63, 3.8) is 0 Å². The van der Waals surface area contributed by atoms with E-state index in [1.54, 1.807) is 13.0 Å². The largest absolute Gasteiger partial charge is 0.497 e. The predicted molar refractivity (Wildman–Crippen MR) is 73.2 cm³/mol. The fourth-order valence-corrected chi connectivity index (χ4v) is 1.65. The number of nitrogens with one attached hydrogen (secondary N) is 1. The van der Waals surface area contributed by atoms with Gasteiger partial charge in [-0.15, -0.1) is 0 Å². The Bertz CT molecular complexity index is 637. The number of aryl methyl sites for hydroxylation is 1. The normalized spacial score (nSPS) is 10.2. The van der Waals surface area contributed by atoms with E-state index in [4.69, 9.17) is 19.6 Å². The smallest absolute Gasteiger partial charge is 0.301 e. The molecule has 7 heteroatoms. The average Bonchev–Trinajstić information content (AvgIpc) is 2.84. The number of carbonyl (C=O) groups is 1. The summed E-state index contributed by atoms with van der Waals surface area (Å²) >= 11 is 0. The molecule has 1 aromatic carbocycles. The molecule has 3 N–H and O–H groups in total. The van der Waals surface area contributed by atoms with E-state index >= 15 is 0 Å². The Balaban J connectivity index is 2.33. The van der Waals surface area contributed by atoms with Crippen molar-refractivity contribution in [3.8, 4) is 11.5 Å². The zero-order chi connectivity index (χ0) is 14.7. The highest BCUT2D eigenvalue weighted by Gasteiger charge is 2.17. The lowest BCUT2D eigenvalue weighted by Crippen LogP contribution is -2.15. The molecule has 2 aromatic rings. The van der Waals surface area contributed by atoms with Gasteiger partial charge in [0.25, 0.3) is 5.91 Å². The van der Waals surface area contributed by atoms with E-state index in [0.717, 1.165) is 0 Å². The molecular weight excluding hydrogens is 262 g/mol. The topological polar surface area (TPSA) is 99.6 Å². The number of benzene rings is 1. The van der Waals surface area contributed by atoms with Crippen molar-refractivity contribution >= 4 is 17.6 Å². The standard InChI is InChI=1S/C13H15N3O4/c1-7-6-20-13(15-7)16-12(17)9-4-8(18-2)5-10(19-3)11(9)14/h4-6H,14H2,1-3H3,(H,15,16,17). The molecule has 0 aliphatic rings. The maximum atomic E-state index is 12.2. The van der Waals surface area contributed by atoms with Crippen molar-refractivity contribution in [1.29, 1.82) is 0 Å². The van der Waals surface area contributed by atoms with E-state index in [9.17, 15) is 4.79 Å². The second kappa shape index (κ2) is 5.52. The van der Waals surface area contributed by atoms with Crippen LogP contribution in [0, 0.1) is 6.92 Å². The monoisotopic (exact) mass is 277 g/mol. The van der Waals surface area contributed by atoms with Crippen LogP contribution in [0.1, 0.15) is 16.1 Å². The third-order valence-corrected chi connectivity index (χ3v) is 2.66. The molecule has 1 aromatic heterocycles. The van der Waals surface area contributed by atoms with Gasteiger partial charge in [0.1, 0.15) is 17.8 Å². The highest BCUT2D eigenvalue weighted by molar-refractivity contribution is 6.08. The molecular formula is C13H15N3O4. The van der Waals surface area contributed by atoms with Crippen molar-refractivity contribution in [2.45, 2.75) is 6.92 Å². The number of aromatic nitrogens is 1. The van der Waals surface area contributed by atoms with Crippen LogP contribution in [0.4, 0.5) is 11.7 Å². The molecule has 20 heavy (non-hydrogen) atoms. The van der Waals surface area contributed by atoms with Gasteiger partial charge in [-0.2, -0.15) is 4.98 Å². The van der Waals surface area contributed by atoms with Gasteiger partial charge in [-0.05, 0) is 13.0 Å². The zero-order valence-electron chi connectivity index (χ0n) is 11.4. The number of hydrogen-bond acceptors (Lipinski definition) is 6. The van der Waals surface area contributed by atoms with Gasteiger partial charge in [-0.3, -0.25) is 10.1 Å². The Labute approximate surface area is 115 Å². The molecule has 0 radical (unpaired) electrons. The lowest BCUT2D eigenvalue weighted by Gasteiger charge is -2.11. The number of rotatable bonds is 4. The molecule has 7 nitrogen and oxygen atoms in total. The number of hydrogen-bond donors (Lipinski definition) is 2. The first-order chi connectivity index (χ1) is 9.55. The van der Waals surface area contributed by atoms with Gasteiger partial charge in [0.2, 0.25) is 0 Å². The summed E-state index contributed by atoms with van der Waals surface area (Å²) in [4.78, 5) is 16.2. The molecule has 1 heterocycles. The molecule has 2 rings (SSSR count). The fraction of sp³-hybridized carbons (Fsp3) is 0.231. The summed E-state index contributed by atoms with van der Waals surface area (Å²) in [7, 11) is 2.95. The minimum atomic E-state index is -0.457. The van der Waals surface area contributed by atoms with E-state index in [-0.39, 0.29) is 17.3 Å². The highest BCUT2D eigenvalue weighted by Crippen LogP contribution is 2.31. The van der Waals surface area contributed by atoms with E-state index in [1.807, 2.05) is 0 Å². The number of oxazole rings is 1. The molecule has 0 atom stereocenters. The molecule has 0 spiro atoms. The summed E-state index contributed by atoms with van der Waals surface area (Å²) in [5, 5.41) is 2.51. The Hall–Kier alpha value is -2.70. The van der Waals surface area contributed by atoms with Gasteiger partial charge in [-0.1, -0.05) is 0 Å². The lowest BCUT2D eigenvalue weighted by atomic mass is 10.1. The first kappa shape index (κ1) is 13.7. The molecule has 0 aliphatic carbocycles. The van der Waals surface area contributed by atoms with Crippen LogP contribution >= 0.6 is 0 Å². The fourth-order valence-electron chi connectivity index (χ4n) is 1.65. The first-order valence-electron chi connectivity index (χ1n) is 5.80. The summed E-state index contributed by atoms with van der Waals surface area (Å²) in [6.07, 6.45) is 1.44. The molecule has 106 valence electrons. The van der Waals surface area contributed by atoms with Gasteiger partial charge in [0.05, 0.1) is 31.2 Å². The second-order valence-corrected chi connectivity index (χ2v) is 4.04. The predicted octanol–water partition coefficient (Wildman–Crippen LogP) is 1.83. The summed E-state index contributed by atoms with van der Waals surface area (Å²) < 4.78 is 15.3. The SMILES string of the molecule is COc1cc(OC)c(N)c(C(=O)Nc2nc(C)co2)c1. The Morgan fingerprint density at radius 2 is 2.10 bits per heavy atom. The first-order valence-corrected chi connectivity index (χ1v) is 5.80. The molecule has 0 aliphatic heterocycles. The maximum Gasteiger partial charge on any atom is 0.301 e. The van der Waals surface area contributed by atoms with Crippen LogP contribution in [0.5, 0.6) is 11.5 Å². The molecule has 0 fully saturated rings. The van der Waals surface area contributed by atoms with Crippen molar-refractivity contribution in [3.05, 3.63) is 29.7 Å². The third-order valence-electron chi connectivity index (χ3n) is 2.66. The van der Waals surface area contributed by atoms with Crippen LogP contribution < -0.4 is 20.5 Å². The molecule has 0 unspecified atom stereocenters. The minimum absolute atomic E-state index is 0.105. The van der Waals surface area contributed by atoms with E-state index in [2.05, 4.69) is 10.3 Å². The van der Waals surface area contributed by atoms with Crippen LogP contribution in [-0.2, 0) is 0 Å². The molecule has 1 amide bonds. The minimum Gasteiger partial charge on any atom is -0.497 e. The van der Waals surface area contributed by atoms with Gasteiger partial charge < -0.3 is 19.6 Å². The number of carbonyl (C=O) groups excluding carboxylic acids is 1. The van der Waals surface area contributed by atoms with Crippen LogP contribution in [0.2, 0.25) is 0 Å². The Morgan fingerprint density at radius 1 is 1.35 bits per heavy atom. The average molecular weight is 277 g/mol. The second-order valence-electron chi connectivity index (χ2n) is 4.04. The van der Waals surface area contributed by atoms with Gasteiger partial charge in [0.15, 0.2) is 0 Å². The number of nitrogens with zero attached hydrogens (tertiary/aromatic N) is 1. The van der Waals surface area contributed by atoms with E-state index in [0.29, 0.717) is 17.2 Å². The maximum absolute atomic E-state index is 12.2. The summed E-state index contributed by atoms with van der Waals surface area (Å²) in [5.74, 6) is 0.365. The van der Waals surface area contributed by atoms with Crippen LogP contribution in [0.15, 0.2) is 22.8 Å².